The summed E-state index contributed by atoms with van der Waals surface area (Å²) in [5.41, 5.74) is 3.90. The molecule has 0 spiro atoms. The Kier molecular flexibility index (Phi) is 13.0. The van der Waals surface area contributed by atoms with Crippen LogP contribution in [0, 0.1) is 23.1 Å². The lowest BCUT2D eigenvalue weighted by atomic mass is 10.0. The number of allylic oxidation sites excluding steroid dienone is 6. The molecule has 2 aromatic rings. The van der Waals surface area contributed by atoms with Gasteiger partial charge >= 0.3 is 0 Å². The smallest absolute Gasteiger partial charge is 0.180 e. The van der Waals surface area contributed by atoms with E-state index in [4.69, 9.17) is 5.26 Å². The molecule has 0 saturated heterocycles. The molecule has 0 fully saturated rings. The molecular formula is C30H39FN4O. The summed E-state index contributed by atoms with van der Waals surface area (Å²) in [7, 11) is 1.73. The number of aromatic nitrogens is 2. The first-order valence-corrected chi connectivity index (χ1v) is 12.7. The van der Waals surface area contributed by atoms with Crippen molar-refractivity contribution in [1.29, 1.82) is 5.26 Å². The molecule has 3 rings (SSSR count). The number of hydrogen-bond acceptors (Lipinski definition) is 4. The summed E-state index contributed by atoms with van der Waals surface area (Å²) < 4.78 is 15.8. The van der Waals surface area contributed by atoms with Crippen LogP contribution >= 0.6 is 0 Å². The maximum atomic E-state index is 14.2. The lowest BCUT2D eigenvalue weighted by molar-refractivity contribution is 0.101. The van der Waals surface area contributed by atoms with Crippen LogP contribution in [-0.4, -0.2) is 28.3 Å². The van der Waals surface area contributed by atoms with E-state index < -0.39 is 5.82 Å². The Morgan fingerprint density at radius 2 is 1.86 bits per heavy atom. The van der Waals surface area contributed by atoms with Crippen LogP contribution in [0.3, 0.4) is 0 Å². The molecule has 1 aliphatic carbocycles. The van der Waals surface area contributed by atoms with E-state index in [1.807, 2.05) is 45.1 Å². The number of carbonyl (C=O) groups excluding carboxylic acids is 1. The van der Waals surface area contributed by atoms with Gasteiger partial charge in [-0.15, -0.1) is 0 Å². The second-order valence-electron chi connectivity index (χ2n) is 8.19. The molecule has 0 unspecified atom stereocenters. The van der Waals surface area contributed by atoms with E-state index in [1.165, 1.54) is 31.9 Å². The zero-order valence-electron chi connectivity index (χ0n) is 22.9. The number of benzene rings is 1. The Labute approximate surface area is 215 Å². The molecule has 0 atom stereocenters. The van der Waals surface area contributed by atoms with Crippen molar-refractivity contribution < 1.29 is 9.18 Å². The van der Waals surface area contributed by atoms with E-state index in [0.717, 1.165) is 29.3 Å². The van der Waals surface area contributed by atoms with Gasteiger partial charge in [0.05, 0.1) is 22.7 Å². The highest BCUT2D eigenvalue weighted by molar-refractivity contribution is 6.13. The summed E-state index contributed by atoms with van der Waals surface area (Å²) in [6.07, 6.45) is 11.2. The van der Waals surface area contributed by atoms with Gasteiger partial charge in [-0.2, -0.15) is 10.4 Å². The molecule has 1 aromatic carbocycles. The number of ketones is 1. The van der Waals surface area contributed by atoms with Gasteiger partial charge in [0, 0.05) is 19.5 Å². The van der Waals surface area contributed by atoms with Crippen molar-refractivity contribution in [2.75, 3.05) is 7.05 Å². The standard InChI is InChI=1S/C22H19FN4O.C6H14.C2H6/c1-4-5-15-10-18(8-9-20(15)25-3)27-22(12-21(26-27)14(2)28)16-6-7-17(13-24)19(23)11-16;1-4-6(3)5-2;1-2/h5-12H,4H2,1-3H3;6H,4-5H2,1-3H3;1-2H3/b15-5-,25-20?;;. The maximum Gasteiger partial charge on any atom is 0.180 e. The van der Waals surface area contributed by atoms with Gasteiger partial charge < -0.3 is 0 Å². The van der Waals surface area contributed by atoms with Crippen molar-refractivity contribution in [3.63, 3.8) is 0 Å². The molecule has 1 aliphatic rings. The Morgan fingerprint density at radius 3 is 2.33 bits per heavy atom. The van der Waals surface area contributed by atoms with Gasteiger partial charge in [-0.05, 0) is 54.3 Å². The molecule has 6 heteroatoms. The number of rotatable bonds is 6. The molecule has 5 nitrogen and oxygen atoms in total. The second kappa shape index (κ2) is 15.4. The Balaban J connectivity index is 0.000000710. The molecule has 0 bridgehead atoms. The molecule has 0 saturated carbocycles. The summed E-state index contributed by atoms with van der Waals surface area (Å²) in [5, 5.41) is 13.4. The van der Waals surface area contributed by atoms with Crippen LogP contribution in [0.2, 0.25) is 0 Å². The maximum absolute atomic E-state index is 14.2. The minimum Gasteiger partial charge on any atom is -0.293 e. The van der Waals surface area contributed by atoms with Crippen LogP contribution in [0.4, 0.5) is 4.39 Å². The Morgan fingerprint density at radius 1 is 1.19 bits per heavy atom. The molecule has 0 N–H and O–H groups in total. The summed E-state index contributed by atoms with van der Waals surface area (Å²) >= 11 is 0. The zero-order valence-corrected chi connectivity index (χ0v) is 22.9. The molecule has 0 radical (unpaired) electrons. The fraction of sp³-hybridized carbons (Fsp3) is 0.400. The molecule has 1 aromatic heterocycles. The molecule has 192 valence electrons. The summed E-state index contributed by atoms with van der Waals surface area (Å²) in [6, 6.07) is 7.79. The van der Waals surface area contributed by atoms with Crippen molar-refractivity contribution in [3.8, 4) is 17.3 Å². The predicted octanol–water partition coefficient (Wildman–Crippen LogP) is 8.05. The number of carbonyl (C=O) groups is 1. The van der Waals surface area contributed by atoms with E-state index >= 15 is 0 Å². The quantitative estimate of drug-likeness (QED) is 0.385. The number of aliphatic imine (C=N–C) groups is 1. The Hall–Kier alpha value is -3.59. The monoisotopic (exact) mass is 490 g/mol. The van der Waals surface area contributed by atoms with Gasteiger partial charge in [-0.1, -0.05) is 66.5 Å². The molecule has 36 heavy (non-hydrogen) atoms. The van der Waals surface area contributed by atoms with Crippen LogP contribution in [0.15, 0.2) is 59.1 Å². The number of halogens is 1. The van der Waals surface area contributed by atoms with Gasteiger partial charge in [-0.3, -0.25) is 9.79 Å². The third-order valence-electron chi connectivity index (χ3n) is 5.77. The SMILES string of the molecule is CC.CC/C=C1/C=C(n2nc(C(C)=O)cc2-c2ccc(C#N)c(F)c2)C=CC1=NC.CCC(C)CC. The topological polar surface area (TPSA) is 71.0 Å². The average molecular weight is 491 g/mol. The van der Waals surface area contributed by atoms with Gasteiger partial charge in [0.2, 0.25) is 0 Å². The number of hydrogen-bond donors (Lipinski definition) is 0. The van der Waals surface area contributed by atoms with E-state index in [0.29, 0.717) is 11.3 Å². The highest BCUT2D eigenvalue weighted by atomic mass is 19.1. The van der Waals surface area contributed by atoms with Gasteiger partial charge in [-0.25, -0.2) is 9.07 Å². The highest BCUT2D eigenvalue weighted by Crippen LogP contribution is 2.28. The number of Topliss-reactive ketones (excluding diaryl/α,β-unsaturated/α-hetero) is 1. The fourth-order valence-electron chi connectivity index (χ4n) is 3.27. The minimum atomic E-state index is -0.614. The van der Waals surface area contributed by atoms with Crippen molar-refractivity contribution in [1.82, 2.24) is 9.78 Å². The molecule has 1 heterocycles. The van der Waals surface area contributed by atoms with Crippen LogP contribution in [0.25, 0.3) is 17.0 Å². The van der Waals surface area contributed by atoms with E-state index in [2.05, 4.69) is 36.9 Å². The predicted molar refractivity (Wildman–Crippen MR) is 149 cm³/mol. The first kappa shape index (κ1) is 30.4. The van der Waals surface area contributed by atoms with E-state index in [-0.39, 0.29) is 17.0 Å². The van der Waals surface area contributed by atoms with Crippen LogP contribution in [-0.2, 0) is 0 Å². The third-order valence-corrected chi connectivity index (χ3v) is 5.77. The largest absolute Gasteiger partial charge is 0.293 e. The van der Waals surface area contributed by atoms with E-state index in [1.54, 1.807) is 23.9 Å². The number of nitriles is 1. The van der Waals surface area contributed by atoms with Crippen LogP contribution in [0.1, 0.15) is 83.8 Å². The second-order valence-corrected chi connectivity index (χ2v) is 8.19. The van der Waals surface area contributed by atoms with Crippen molar-refractivity contribution in [2.45, 2.75) is 67.7 Å². The summed E-state index contributed by atoms with van der Waals surface area (Å²) in [4.78, 5) is 16.2. The van der Waals surface area contributed by atoms with Crippen molar-refractivity contribution >= 4 is 17.2 Å². The lowest BCUT2D eigenvalue weighted by Gasteiger charge is -2.14. The minimum absolute atomic E-state index is 0.0321. The fourth-order valence-corrected chi connectivity index (χ4v) is 3.27. The average Bonchev–Trinajstić information content (AvgIpc) is 3.36. The van der Waals surface area contributed by atoms with E-state index in [9.17, 15) is 9.18 Å². The first-order chi connectivity index (χ1) is 17.3. The van der Waals surface area contributed by atoms with Gasteiger partial charge in [0.1, 0.15) is 17.6 Å². The van der Waals surface area contributed by atoms with Crippen molar-refractivity contribution in [3.05, 3.63) is 71.2 Å². The highest BCUT2D eigenvalue weighted by Gasteiger charge is 2.18. The normalized spacial score (nSPS) is 14.5. The lowest BCUT2D eigenvalue weighted by Crippen LogP contribution is -2.08. The first-order valence-electron chi connectivity index (χ1n) is 12.7. The van der Waals surface area contributed by atoms with Crippen LogP contribution < -0.4 is 0 Å². The third kappa shape index (κ3) is 7.98. The summed E-state index contributed by atoms with van der Waals surface area (Å²) in [5.74, 6) is 0.136. The van der Waals surface area contributed by atoms with Crippen molar-refractivity contribution in [2.24, 2.45) is 10.9 Å². The summed E-state index contributed by atoms with van der Waals surface area (Å²) in [6.45, 7) is 14.2. The zero-order chi connectivity index (χ0) is 27.3. The van der Waals surface area contributed by atoms with Gasteiger partial charge in [0.25, 0.3) is 0 Å². The Bertz CT molecular complexity index is 1190. The molecule has 0 amide bonds. The molecule has 0 aliphatic heterocycles. The van der Waals surface area contributed by atoms with Gasteiger partial charge in [0.15, 0.2) is 5.78 Å². The number of nitrogens with zero attached hydrogens (tertiary/aromatic N) is 4. The van der Waals surface area contributed by atoms with Crippen LogP contribution in [0.5, 0.6) is 0 Å². The molecular weight excluding hydrogens is 451 g/mol.